The van der Waals surface area contributed by atoms with E-state index in [2.05, 4.69) is 26.3 Å². The quantitative estimate of drug-likeness (QED) is 0.868. The molecule has 7 heteroatoms. The third kappa shape index (κ3) is 3.86. The van der Waals surface area contributed by atoms with Crippen LogP contribution in [0.3, 0.4) is 0 Å². The number of carbonyl (C=O) groups excluding carboxylic acids is 2. The Kier molecular flexibility index (Phi) is 4.88. The molecule has 1 aromatic carbocycles. The predicted molar refractivity (Wildman–Crippen MR) is 94.5 cm³/mol. The van der Waals surface area contributed by atoms with Crippen LogP contribution in [0.15, 0.2) is 51.4 Å². The summed E-state index contributed by atoms with van der Waals surface area (Å²) in [6.45, 7) is 0.452. The van der Waals surface area contributed by atoms with E-state index in [0.717, 1.165) is 8.66 Å². The molecule has 1 aromatic heterocycles. The molecule has 118 valence electrons. The van der Waals surface area contributed by atoms with Gasteiger partial charge in [0.15, 0.2) is 0 Å². The lowest BCUT2D eigenvalue weighted by Gasteiger charge is -2.23. The van der Waals surface area contributed by atoms with Crippen molar-refractivity contribution in [3.8, 4) is 0 Å². The van der Waals surface area contributed by atoms with Crippen molar-refractivity contribution in [2.45, 2.75) is 19.4 Å². The molecule has 1 aliphatic heterocycles. The minimum absolute atomic E-state index is 0.102. The van der Waals surface area contributed by atoms with Crippen LogP contribution >= 0.6 is 27.3 Å². The average molecular weight is 392 g/mol. The van der Waals surface area contributed by atoms with Crippen molar-refractivity contribution < 1.29 is 9.59 Å². The first kappa shape index (κ1) is 15.9. The topological polar surface area (TPSA) is 61.8 Å². The van der Waals surface area contributed by atoms with Crippen LogP contribution in [-0.4, -0.2) is 17.5 Å². The van der Waals surface area contributed by atoms with Crippen molar-refractivity contribution in [1.29, 1.82) is 0 Å². The van der Waals surface area contributed by atoms with E-state index in [0.29, 0.717) is 24.4 Å². The molecule has 0 saturated heterocycles. The van der Waals surface area contributed by atoms with Gasteiger partial charge in [0.1, 0.15) is 5.71 Å². The predicted octanol–water partition coefficient (Wildman–Crippen LogP) is 3.31. The minimum Gasteiger partial charge on any atom is -0.346 e. The highest BCUT2D eigenvalue weighted by Crippen LogP contribution is 2.22. The van der Waals surface area contributed by atoms with Gasteiger partial charge in [-0.15, -0.1) is 11.3 Å². The monoisotopic (exact) mass is 391 g/mol. The van der Waals surface area contributed by atoms with E-state index in [1.807, 2.05) is 30.3 Å². The summed E-state index contributed by atoms with van der Waals surface area (Å²) in [6, 6.07) is 13.0. The molecule has 0 bridgehead atoms. The van der Waals surface area contributed by atoms with Crippen LogP contribution in [0.1, 0.15) is 17.7 Å². The Labute approximate surface area is 146 Å². The zero-order chi connectivity index (χ0) is 16.2. The molecule has 1 N–H and O–H groups in total. The molecule has 1 aliphatic rings. The van der Waals surface area contributed by atoms with Crippen molar-refractivity contribution >= 4 is 50.5 Å². The SMILES string of the molecule is O=C(NCc1ccc(Br)s1)C1=NN(c2ccccc2)C(=O)CC1. The maximum absolute atomic E-state index is 12.3. The number of nitrogens with zero attached hydrogens (tertiary/aromatic N) is 2. The fourth-order valence-electron chi connectivity index (χ4n) is 2.20. The number of benzene rings is 1. The van der Waals surface area contributed by atoms with E-state index in [4.69, 9.17) is 0 Å². The molecule has 2 aromatic rings. The third-order valence-electron chi connectivity index (χ3n) is 3.35. The van der Waals surface area contributed by atoms with Gasteiger partial charge in [0.25, 0.3) is 5.91 Å². The van der Waals surface area contributed by atoms with Crippen LogP contribution in [0.5, 0.6) is 0 Å². The van der Waals surface area contributed by atoms with Crippen LogP contribution in [0.2, 0.25) is 0 Å². The summed E-state index contributed by atoms with van der Waals surface area (Å²) in [6.07, 6.45) is 0.647. The van der Waals surface area contributed by atoms with Gasteiger partial charge in [0.05, 0.1) is 16.0 Å². The van der Waals surface area contributed by atoms with Gasteiger partial charge < -0.3 is 5.32 Å². The Morgan fingerprint density at radius 2 is 2.00 bits per heavy atom. The second-order valence-electron chi connectivity index (χ2n) is 4.98. The van der Waals surface area contributed by atoms with Gasteiger partial charge in [-0.25, -0.2) is 5.01 Å². The second-order valence-corrected chi connectivity index (χ2v) is 7.52. The van der Waals surface area contributed by atoms with E-state index in [1.54, 1.807) is 23.5 Å². The van der Waals surface area contributed by atoms with Crippen LogP contribution < -0.4 is 10.3 Å². The van der Waals surface area contributed by atoms with Gasteiger partial charge in [-0.1, -0.05) is 18.2 Å². The van der Waals surface area contributed by atoms with Crippen molar-refractivity contribution in [2.24, 2.45) is 5.10 Å². The molecule has 2 amide bonds. The van der Waals surface area contributed by atoms with Crippen LogP contribution in [0, 0.1) is 0 Å². The van der Waals surface area contributed by atoms with E-state index in [-0.39, 0.29) is 18.2 Å². The van der Waals surface area contributed by atoms with E-state index < -0.39 is 0 Å². The summed E-state index contributed by atoms with van der Waals surface area (Å²) >= 11 is 4.97. The maximum atomic E-state index is 12.3. The molecular weight excluding hydrogens is 378 g/mol. The minimum atomic E-state index is -0.233. The molecule has 0 spiro atoms. The summed E-state index contributed by atoms with van der Waals surface area (Å²) in [5, 5.41) is 8.39. The number of nitrogens with one attached hydrogen (secondary N) is 1. The number of hydrogen-bond acceptors (Lipinski definition) is 4. The molecule has 0 saturated carbocycles. The van der Waals surface area contributed by atoms with E-state index >= 15 is 0 Å². The summed E-state index contributed by atoms with van der Waals surface area (Å²) in [5.74, 6) is -0.335. The molecule has 0 radical (unpaired) electrons. The Morgan fingerprint density at radius 3 is 2.70 bits per heavy atom. The van der Waals surface area contributed by atoms with E-state index in [1.165, 1.54) is 5.01 Å². The first-order chi connectivity index (χ1) is 11.1. The fraction of sp³-hybridized carbons (Fsp3) is 0.188. The lowest BCUT2D eigenvalue weighted by atomic mass is 10.1. The van der Waals surface area contributed by atoms with Gasteiger partial charge >= 0.3 is 0 Å². The Morgan fingerprint density at radius 1 is 1.22 bits per heavy atom. The maximum Gasteiger partial charge on any atom is 0.267 e. The van der Waals surface area contributed by atoms with Gasteiger partial charge in [0.2, 0.25) is 5.91 Å². The Bertz CT molecular complexity index is 758. The zero-order valence-corrected chi connectivity index (χ0v) is 14.6. The number of hydrogen-bond donors (Lipinski definition) is 1. The fourth-order valence-corrected chi connectivity index (χ4v) is 3.63. The molecule has 2 heterocycles. The van der Waals surface area contributed by atoms with Gasteiger partial charge in [-0.3, -0.25) is 9.59 Å². The summed E-state index contributed by atoms with van der Waals surface area (Å²) in [4.78, 5) is 25.4. The number of hydrazone groups is 1. The highest BCUT2D eigenvalue weighted by atomic mass is 79.9. The normalized spacial score (nSPS) is 14.6. The number of rotatable bonds is 4. The molecule has 0 fully saturated rings. The van der Waals surface area contributed by atoms with E-state index in [9.17, 15) is 9.59 Å². The van der Waals surface area contributed by atoms with Crippen LogP contribution in [-0.2, 0) is 16.1 Å². The molecule has 0 unspecified atom stereocenters. The van der Waals surface area contributed by atoms with Crippen LogP contribution in [0.4, 0.5) is 5.69 Å². The summed E-state index contributed by atoms with van der Waals surface area (Å²) in [7, 11) is 0. The molecule has 23 heavy (non-hydrogen) atoms. The highest BCUT2D eigenvalue weighted by Gasteiger charge is 2.25. The summed E-state index contributed by atoms with van der Waals surface area (Å²) in [5.41, 5.74) is 1.05. The molecule has 0 atom stereocenters. The number of amides is 2. The average Bonchev–Trinajstić information content (AvgIpc) is 2.99. The van der Waals surface area contributed by atoms with Crippen molar-refractivity contribution in [2.75, 3.05) is 5.01 Å². The number of thiophene rings is 1. The molecule has 5 nitrogen and oxygen atoms in total. The second kappa shape index (κ2) is 7.06. The van der Waals surface area contributed by atoms with Crippen molar-refractivity contribution in [1.82, 2.24) is 5.32 Å². The number of carbonyl (C=O) groups is 2. The lowest BCUT2D eigenvalue weighted by molar-refractivity contribution is -0.118. The molecule has 3 rings (SSSR count). The number of anilines is 1. The van der Waals surface area contributed by atoms with Crippen LogP contribution in [0.25, 0.3) is 0 Å². The van der Waals surface area contributed by atoms with Crippen molar-refractivity contribution in [3.05, 3.63) is 51.1 Å². The largest absolute Gasteiger partial charge is 0.346 e. The van der Waals surface area contributed by atoms with Gasteiger partial charge in [-0.2, -0.15) is 5.10 Å². The Balaban J connectivity index is 1.71. The molecular formula is C16H14BrN3O2S. The first-order valence-corrected chi connectivity index (χ1v) is 8.72. The third-order valence-corrected chi connectivity index (χ3v) is 4.97. The summed E-state index contributed by atoms with van der Waals surface area (Å²) < 4.78 is 1.03. The number of para-hydroxylation sites is 1. The number of halogens is 1. The van der Waals surface area contributed by atoms with Crippen molar-refractivity contribution in [3.63, 3.8) is 0 Å². The molecule has 0 aliphatic carbocycles. The standard InChI is InChI=1S/C16H14BrN3O2S/c17-14-8-6-12(23-14)10-18-16(22)13-7-9-15(21)20(19-13)11-4-2-1-3-5-11/h1-6,8H,7,9-10H2,(H,18,22). The lowest BCUT2D eigenvalue weighted by Crippen LogP contribution is -2.38. The van der Waals surface area contributed by atoms with Gasteiger partial charge in [-0.05, 0) is 40.2 Å². The Hall–Kier alpha value is -1.99. The van der Waals surface area contributed by atoms with Gasteiger partial charge in [0, 0.05) is 17.7 Å². The highest BCUT2D eigenvalue weighted by molar-refractivity contribution is 9.11. The smallest absolute Gasteiger partial charge is 0.267 e. The first-order valence-electron chi connectivity index (χ1n) is 7.11. The zero-order valence-electron chi connectivity index (χ0n) is 12.2.